The van der Waals surface area contributed by atoms with E-state index in [2.05, 4.69) is 58.7 Å². The molecule has 1 heterocycles. The largest absolute Gasteiger partial charge is 0.131 e. The Bertz CT molecular complexity index is 295. The highest BCUT2D eigenvalue weighted by molar-refractivity contribution is 9.13. The van der Waals surface area contributed by atoms with Gasteiger partial charge in [0.2, 0.25) is 0 Å². The molecule has 0 saturated heterocycles. The van der Waals surface area contributed by atoms with Gasteiger partial charge in [0.1, 0.15) is 0 Å². The van der Waals surface area contributed by atoms with Crippen LogP contribution in [0, 0.1) is 5.41 Å². The van der Waals surface area contributed by atoms with Crippen LogP contribution in [0.1, 0.15) is 37.4 Å². The van der Waals surface area contributed by atoms with Gasteiger partial charge in [0.05, 0.1) is 9.16 Å². The Morgan fingerprint density at radius 1 is 1.43 bits per heavy atom. The molecule has 1 atom stereocenters. The van der Waals surface area contributed by atoms with Crippen molar-refractivity contribution in [2.45, 2.75) is 32.6 Å². The molecule has 0 N–H and O–H groups in total. The van der Waals surface area contributed by atoms with E-state index < -0.39 is 0 Å². The zero-order valence-electron chi connectivity index (χ0n) is 8.40. The lowest BCUT2D eigenvalue weighted by Crippen LogP contribution is -2.07. The molecule has 0 amide bonds. The van der Waals surface area contributed by atoms with E-state index in [9.17, 15) is 0 Å². The molecule has 0 aliphatic carbocycles. The Balaban J connectivity index is 2.75. The minimum atomic E-state index is 0.114. The van der Waals surface area contributed by atoms with Gasteiger partial charge < -0.3 is 0 Å². The van der Waals surface area contributed by atoms with E-state index >= 15 is 0 Å². The topological polar surface area (TPSA) is 0 Å². The summed E-state index contributed by atoms with van der Waals surface area (Å²) in [6.45, 7) is 6.63. The van der Waals surface area contributed by atoms with Crippen LogP contribution in [0.15, 0.2) is 14.3 Å². The van der Waals surface area contributed by atoms with Crippen LogP contribution in [-0.2, 0) is 0 Å². The number of hydrogen-bond donors (Lipinski definition) is 0. The summed E-state index contributed by atoms with van der Waals surface area (Å²) >= 11 is 15.0. The van der Waals surface area contributed by atoms with Crippen molar-refractivity contribution in [2.75, 3.05) is 0 Å². The van der Waals surface area contributed by atoms with Gasteiger partial charge in [-0.15, -0.1) is 22.9 Å². The van der Waals surface area contributed by atoms with E-state index in [0.717, 1.165) is 14.7 Å². The minimum absolute atomic E-state index is 0.114. The van der Waals surface area contributed by atoms with Crippen LogP contribution in [0.25, 0.3) is 0 Å². The van der Waals surface area contributed by atoms with Crippen LogP contribution in [0.4, 0.5) is 0 Å². The molecule has 0 radical (unpaired) electrons. The van der Waals surface area contributed by atoms with Crippen LogP contribution in [-0.4, -0.2) is 0 Å². The molecule has 0 spiro atoms. The van der Waals surface area contributed by atoms with Crippen molar-refractivity contribution in [3.05, 3.63) is 19.2 Å². The highest BCUT2D eigenvalue weighted by Gasteiger charge is 2.20. The zero-order valence-corrected chi connectivity index (χ0v) is 13.1. The van der Waals surface area contributed by atoms with Crippen molar-refractivity contribution in [3.63, 3.8) is 0 Å². The van der Waals surface area contributed by atoms with E-state index in [0.29, 0.717) is 0 Å². The summed E-state index contributed by atoms with van der Waals surface area (Å²) in [7, 11) is 0. The second-order valence-electron chi connectivity index (χ2n) is 4.50. The number of thiophene rings is 1. The Hall–Kier alpha value is 0.950. The van der Waals surface area contributed by atoms with Crippen molar-refractivity contribution >= 4 is 54.8 Å². The molecule has 1 unspecified atom stereocenters. The quantitative estimate of drug-likeness (QED) is 0.568. The zero-order chi connectivity index (χ0) is 10.9. The van der Waals surface area contributed by atoms with Crippen molar-refractivity contribution in [1.29, 1.82) is 0 Å². The Labute approximate surface area is 111 Å². The van der Waals surface area contributed by atoms with E-state index in [4.69, 9.17) is 11.6 Å². The summed E-state index contributed by atoms with van der Waals surface area (Å²) in [5.74, 6) is 0. The fourth-order valence-corrected chi connectivity index (χ4v) is 3.88. The van der Waals surface area contributed by atoms with Crippen LogP contribution in [0.2, 0.25) is 0 Å². The van der Waals surface area contributed by atoms with E-state index in [-0.39, 0.29) is 10.8 Å². The summed E-state index contributed by atoms with van der Waals surface area (Å²) in [6, 6.07) is 2.10. The van der Waals surface area contributed by atoms with Gasteiger partial charge in [0.25, 0.3) is 0 Å². The molecule has 0 aromatic carbocycles. The lowest BCUT2D eigenvalue weighted by atomic mass is 9.90. The lowest BCUT2D eigenvalue weighted by Gasteiger charge is -2.20. The maximum Gasteiger partial charge on any atom is 0.0843 e. The molecule has 4 heteroatoms. The Morgan fingerprint density at radius 2 is 2.00 bits per heavy atom. The SMILES string of the molecule is CC(C)(C)CC(Cl)c1cc(Br)c(Br)s1. The lowest BCUT2D eigenvalue weighted by molar-refractivity contribution is 0.374. The molecule has 0 aliphatic heterocycles. The summed E-state index contributed by atoms with van der Waals surface area (Å²) < 4.78 is 2.21. The normalized spacial score (nSPS) is 14.4. The number of hydrogen-bond acceptors (Lipinski definition) is 1. The number of alkyl halides is 1. The van der Waals surface area contributed by atoms with Crippen LogP contribution in [0.5, 0.6) is 0 Å². The minimum Gasteiger partial charge on any atom is -0.131 e. The first-order valence-electron chi connectivity index (χ1n) is 4.38. The first kappa shape index (κ1) is 13.0. The van der Waals surface area contributed by atoms with Gasteiger partial charge in [-0.3, -0.25) is 0 Å². The second-order valence-corrected chi connectivity index (χ2v) is 8.29. The standard InChI is InChI=1S/C10H13Br2ClS/c1-10(2,3)5-7(13)8-4-6(11)9(12)14-8/h4,7H,5H2,1-3H3. The van der Waals surface area contributed by atoms with E-state index in [1.54, 1.807) is 11.3 Å². The third kappa shape index (κ3) is 3.84. The monoisotopic (exact) mass is 358 g/mol. The molecule has 0 saturated carbocycles. The average Bonchev–Trinajstić information content (AvgIpc) is 2.28. The molecule has 0 aliphatic rings. The predicted molar refractivity (Wildman–Crippen MR) is 72.4 cm³/mol. The van der Waals surface area contributed by atoms with Gasteiger partial charge in [0.15, 0.2) is 0 Å². The Morgan fingerprint density at radius 3 is 2.36 bits per heavy atom. The molecule has 1 rings (SSSR count). The molecule has 80 valence electrons. The molecule has 0 fully saturated rings. The van der Waals surface area contributed by atoms with E-state index in [1.807, 2.05) is 0 Å². The van der Waals surface area contributed by atoms with Crippen LogP contribution < -0.4 is 0 Å². The summed E-state index contributed by atoms with van der Waals surface area (Å²) in [6.07, 6.45) is 0.994. The Kier molecular flexibility index (Phi) is 4.51. The number of halogens is 3. The summed E-state index contributed by atoms with van der Waals surface area (Å²) in [4.78, 5) is 1.22. The van der Waals surface area contributed by atoms with Gasteiger partial charge in [0, 0.05) is 9.35 Å². The van der Waals surface area contributed by atoms with Crippen molar-refractivity contribution in [1.82, 2.24) is 0 Å². The van der Waals surface area contributed by atoms with Gasteiger partial charge in [-0.2, -0.15) is 0 Å². The maximum atomic E-state index is 6.34. The van der Waals surface area contributed by atoms with Gasteiger partial charge >= 0.3 is 0 Å². The highest BCUT2D eigenvalue weighted by Crippen LogP contribution is 2.41. The van der Waals surface area contributed by atoms with Crippen LogP contribution in [0.3, 0.4) is 0 Å². The third-order valence-electron chi connectivity index (χ3n) is 1.76. The summed E-state index contributed by atoms with van der Waals surface area (Å²) in [5.41, 5.74) is 0.273. The average molecular weight is 361 g/mol. The smallest absolute Gasteiger partial charge is 0.0843 e. The van der Waals surface area contributed by atoms with Gasteiger partial charge in [-0.1, -0.05) is 20.8 Å². The highest BCUT2D eigenvalue weighted by atomic mass is 79.9. The van der Waals surface area contributed by atoms with E-state index in [1.165, 1.54) is 4.88 Å². The fraction of sp³-hybridized carbons (Fsp3) is 0.600. The van der Waals surface area contributed by atoms with Crippen molar-refractivity contribution < 1.29 is 0 Å². The van der Waals surface area contributed by atoms with Crippen molar-refractivity contribution in [3.8, 4) is 0 Å². The number of rotatable bonds is 2. The van der Waals surface area contributed by atoms with Gasteiger partial charge in [-0.05, 0) is 49.8 Å². The molecule has 1 aromatic rings. The van der Waals surface area contributed by atoms with Gasteiger partial charge in [-0.25, -0.2) is 0 Å². The fourth-order valence-electron chi connectivity index (χ4n) is 1.16. The second kappa shape index (κ2) is 4.86. The predicted octanol–water partition coefficient (Wildman–Crippen LogP) is 5.99. The first-order chi connectivity index (χ1) is 6.29. The molecular weight excluding hydrogens is 347 g/mol. The molecule has 0 nitrogen and oxygen atoms in total. The molecule has 1 aromatic heterocycles. The first-order valence-corrected chi connectivity index (χ1v) is 7.22. The molecule has 0 bridgehead atoms. The van der Waals surface area contributed by atoms with Crippen molar-refractivity contribution in [2.24, 2.45) is 5.41 Å². The molecule has 14 heavy (non-hydrogen) atoms. The van der Waals surface area contributed by atoms with Crippen LogP contribution >= 0.6 is 54.8 Å². The third-order valence-corrected chi connectivity index (χ3v) is 5.65. The summed E-state index contributed by atoms with van der Waals surface area (Å²) in [5, 5.41) is 0.114. The maximum absolute atomic E-state index is 6.34. The molecular formula is C10H13Br2ClS.